The van der Waals surface area contributed by atoms with Crippen molar-refractivity contribution < 1.29 is 37.0 Å². The monoisotopic (exact) mass is 476 g/mol. The zero-order valence-electron chi connectivity index (χ0n) is 18.1. The van der Waals surface area contributed by atoms with E-state index in [1.807, 2.05) is 0 Å². The Labute approximate surface area is 194 Å². The smallest absolute Gasteiger partial charge is 0.416 e. The topological polar surface area (TPSA) is 84.9 Å². The number of anilines is 1. The number of benzene rings is 2. The molecule has 10 heteroatoms. The van der Waals surface area contributed by atoms with Crippen LogP contribution in [0.4, 0.5) is 18.9 Å². The van der Waals surface area contributed by atoms with Gasteiger partial charge in [0.1, 0.15) is 5.75 Å². The van der Waals surface area contributed by atoms with Gasteiger partial charge in [-0.1, -0.05) is 18.2 Å². The molecule has 0 aromatic heterocycles. The van der Waals surface area contributed by atoms with E-state index in [1.165, 1.54) is 41.3 Å². The number of rotatable bonds is 11. The number of hydrogen-bond acceptors (Lipinski definition) is 5. The third-order valence-electron chi connectivity index (χ3n) is 4.31. The van der Waals surface area contributed by atoms with E-state index in [0.717, 1.165) is 12.1 Å². The van der Waals surface area contributed by atoms with Crippen molar-refractivity contribution in [3.63, 3.8) is 0 Å². The molecule has 0 radical (unpaired) electrons. The summed E-state index contributed by atoms with van der Waals surface area (Å²) in [7, 11) is 0. The second-order valence-electron chi connectivity index (χ2n) is 6.89. The van der Waals surface area contributed by atoms with Gasteiger partial charge in [0.25, 0.3) is 11.8 Å². The molecule has 34 heavy (non-hydrogen) atoms. The van der Waals surface area contributed by atoms with Crippen molar-refractivity contribution in [2.45, 2.75) is 6.18 Å². The van der Waals surface area contributed by atoms with Gasteiger partial charge in [0, 0.05) is 18.8 Å². The minimum Gasteiger partial charge on any atom is -0.484 e. The van der Waals surface area contributed by atoms with E-state index in [0.29, 0.717) is 0 Å². The summed E-state index contributed by atoms with van der Waals surface area (Å²) in [6.45, 7) is 6.79. The molecule has 0 unspecified atom stereocenters. The van der Waals surface area contributed by atoms with Gasteiger partial charge in [-0.2, -0.15) is 13.2 Å². The lowest BCUT2D eigenvalue weighted by atomic mass is 10.2. The zero-order chi connectivity index (χ0) is 25.1. The Balaban J connectivity index is 1.84. The lowest BCUT2D eigenvalue weighted by molar-refractivity contribution is -0.137. The highest BCUT2D eigenvalue weighted by molar-refractivity contribution is 5.92. The van der Waals surface area contributed by atoms with Gasteiger partial charge in [-0.25, -0.2) is 4.79 Å². The molecule has 2 rings (SSSR count). The maximum Gasteiger partial charge on any atom is 0.416 e. The quantitative estimate of drug-likeness (QED) is 0.390. The maximum absolute atomic E-state index is 12.8. The first-order valence-electron chi connectivity index (χ1n) is 10.0. The average Bonchev–Trinajstić information content (AvgIpc) is 2.81. The Morgan fingerprint density at radius 1 is 0.971 bits per heavy atom. The van der Waals surface area contributed by atoms with E-state index in [4.69, 9.17) is 9.47 Å². The summed E-state index contributed by atoms with van der Waals surface area (Å²) in [6.07, 6.45) is -1.44. The predicted octanol–water partition coefficient (Wildman–Crippen LogP) is 4.08. The van der Waals surface area contributed by atoms with Crippen molar-refractivity contribution in [2.75, 3.05) is 31.6 Å². The fourth-order valence-electron chi connectivity index (χ4n) is 2.70. The first-order valence-corrected chi connectivity index (χ1v) is 10.0. The molecule has 0 aliphatic rings. The third-order valence-corrected chi connectivity index (χ3v) is 4.31. The molecule has 0 fully saturated rings. The Bertz CT molecular complexity index is 1030. The van der Waals surface area contributed by atoms with Gasteiger partial charge in [0.15, 0.2) is 13.2 Å². The molecule has 1 N–H and O–H groups in total. The number of hydrogen-bond donors (Lipinski definition) is 1. The molecule has 0 saturated heterocycles. The minimum absolute atomic E-state index is 0.0178. The van der Waals surface area contributed by atoms with Crippen molar-refractivity contribution in [2.24, 2.45) is 0 Å². The summed E-state index contributed by atoms with van der Waals surface area (Å²) in [5.41, 5.74) is -0.743. The molecule has 0 bridgehead atoms. The molecule has 2 aromatic rings. The minimum atomic E-state index is -4.52. The molecule has 2 amide bonds. The van der Waals surface area contributed by atoms with Gasteiger partial charge in [-0.05, 0) is 42.5 Å². The van der Waals surface area contributed by atoms with E-state index < -0.39 is 42.7 Å². The number of ether oxygens (including phenoxy) is 2. The highest BCUT2D eigenvalue weighted by Crippen LogP contribution is 2.30. The van der Waals surface area contributed by atoms with Crippen LogP contribution in [0.25, 0.3) is 0 Å². The van der Waals surface area contributed by atoms with Gasteiger partial charge in [-0.3, -0.25) is 9.59 Å². The van der Waals surface area contributed by atoms with Crippen molar-refractivity contribution in [3.8, 4) is 5.75 Å². The van der Waals surface area contributed by atoms with Crippen LogP contribution in [0.3, 0.4) is 0 Å². The van der Waals surface area contributed by atoms with Crippen molar-refractivity contribution in [3.05, 3.63) is 85.0 Å². The SMILES string of the molecule is C=CCN(CC=C)C(=O)COC(=O)c1ccc(OCC(=O)Nc2cccc(C(F)(F)F)c2)cc1. The molecule has 0 atom stereocenters. The van der Waals surface area contributed by atoms with Crippen molar-refractivity contribution >= 4 is 23.5 Å². The third kappa shape index (κ3) is 8.12. The number of carbonyl (C=O) groups excluding carboxylic acids is 3. The molecule has 180 valence electrons. The second-order valence-corrected chi connectivity index (χ2v) is 6.89. The van der Waals surface area contributed by atoms with Gasteiger partial charge in [-0.15, -0.1) is 13.2 Å². The second kappa shape index (κ2) is 12.2. The van der Waals surface area contributed by atoms with Crippen molar-refractivity contribution in [1.82, 2.24) is 4.90 Å². The average molecular weight is 476 g/mol. The number of nitrogens with one attached hydrogen (secondary N) is 1. The number of carbonyl (C=O) groups is 3. The Morgan fingerprint density at radius 2 is 1.62 bits per heavy atom. The molecule has 0 heterocycles. The number of alkyl halides is 3. The molecule has 0 spiro atoms. The number of halogens is 3. The number of amides is 2. The zero-order valence-corrected chi connectivity index (χ0v) is 18.1. The maximum atomic E-state index is 12.8. The van der Waals surface area contributed by atoms with Crippen LogP contribution in [0, 0.1) is 0 Å². The first kappa shape index (κ1) is 26.2. The van der Waals surface area contributed by atoms with Crippen LogP contribution in [0.15, 0.2) is 73.8 Å². The van der Waals surface area contributed by atoms with E-state index >= 15 is 0 Å². The summed E-state index contributed by atoms with van der Waals surface area (Å²) in [6, 6.07) is 9.82. The van der Waals surface area contributed by atoms with Crippen LogP contribution >= 0.6 is 0 Å². The number of esters is 1. The summed E-state index contributed by atoms with van der Waals surface area (Å²) in [5, 5.41) is 2.32. The Morgan fingerprint density at radius 3 is 2.21 bits per heavy atom. The Kier molecular flexibility index (Phi) is 9.42. The molecule has 0 aliphatic heterocycles. The van der Waals surface area contributed by atoms with Crippen LogP contribution in [0.2, 0.25) is 0 Å². The van der Waals surface area contributed by atoms with E-state index in [1.54, 1.807) is 12.2 Å². The fraction of sp³-hybridized carbons (Fsp3) is 0.208. The first-order chi connectivity index (χ1) is 16.1. The van der Waals surface area contributed by atoms with Gasteiger partial charge >= 0.3 is 12.1 Å². The largest absolute Gasteiger partial charge is 0.484 e. The summed E-state index contributed by atoms with van der Waals surface area (Å²) in [4.78, 5) is 37.6. The van der Waals surface area contributed by atoms with Crippen molar-refractivity contribution in [1.29, 1.82) is 0 Å². The highest BCUT2D eigenvalue weighted by atomic mass is 19.4. The van der Waals surface area contributed by atoms with E-state index in [9.17, 15) is 27.6 Å². The van der Waals surface area contributed by atoms with Gasteiger partial charge < -0.3 is 19.7 Å². The molecule has 2 aromatic carbocycles. The van der Waals surface area contributed by atoms with E-state index in [2.05, 4.69) is 18.5 Å². The summed E-state index contributed by atoms with van der Waals surface area (Å²) < 4.78 is 48.6. The Hall–Kier alpha value is -4.08. The molecule has 0 aliphatic carbocycles. The molecule has 0 saturated carbocycles. The van der Waals surface area contributed by atoms with Crippen LogP contribution in [0.1, 0.15) is 15.9 Å². The van der Waals surface area contributed by atoms with Crippen LogP contribution in [0.5, 0.6) is 5.75 Å². The molecular weight excluding hydrogens is 453 g/mol. The fourth-order valence-corrected chi connectivity index (χ4v) is 2.70. The summed E-state index contributed by atoms with van der Waals surface area (Å²) in [5.74, 6) is -1.54. The van der Waals surface area contributed by atoms with Gasteiger partial charge in [0.2, 0.25) is 0 Å². The summed E-state index contributed by atoms with van der Waals surface area (Å²) >= 11 is 0. The lowest BCUT2D eigenvalue weighted by Crippen LogP contribution is -2.35. The van der Waals surface area contributed by atoms with Crippen LogP contribution in [-0.2, 0) is 20.5 Å². The number of nitrogens with zero attached hydrogens (tertiary/aromatic N) is 1. The highest BCUT2D eigenvalue weighted by Gasteiger charge is 2.30. The molecular formula is C24H23F3N2O5. The van der Waals surface area contributed by atoms with E-state index in [-0.39, 0.29) is 30.1 Å². The standard InChI is InChI=1S/C24H23F3N2O5/c1-3-12-29(13-4-2)22(31)16-34-23(32)17-8-10-20(11-9-17)33-15-21(30)28-19-7-5-6-18(14-19)24(25,26)27/h3-11,14H,1-2,12-13,15-16H2,(H,28,30). The van der Waals surface area contributed by atoms with Crippen LogP contribution < -0.4 is 10.1 Å². The van der Waals surface area contributed by atoms with Gasteiger partial charge in [0.05, 0.1) is 11.1 Å². The normalized spacial score (nSPS) is 10.7. The predicted molar refractivity (Wildman–Crippen MR) is 119 cm³/mol. The van der Waals surface area contributed by atoms with Crippen LogP contribution in [-0.4, -0.2) is 49.0 Å². The molecule has 7 nitrogen and oxygen atoms in total. The lowest BCUT2D eigenvalue weighted by Gasteiger charge is -2.18.